The highest BCUT2D eigenvalue weighted by Crippen LogP contribution is 2.04. The summed E-state index contributed by atoms with van der Waals surface area (Å²) in [5.41, 5.74) is -0.338. The van der Waals surface area contributed by atoms with Gasteiger partial charge >= 0.3 is 5.69 Å². The lowest BCUT2D eigenvalue weighted by Gasteiger charge is -2.09. The van der Waals surface area contributed by atoms with Crippen molar-refractivity contribution >= 4 is 31.9 Å². The largest absolute Gasteiger partial charge is 0.330 e. The average Bonchev–Trinajstić information content (AvgIpc) is 2.51. The molecular formula is C16H26Br2N2O2. The van der Waals surface area contributed by atoms with Crippen LogP contribution in [0.5, 0.6) is 0 Å². The summed E-state index contributed by atoms with van der Waals surface area (Å²) in [4.78, 5) is 24.2. The first-order chi connectivity index (χ1) is 10.7. The molecule has 0 spiro atoms. The molecule has 126 valence electrons. The summed E-state index contributed by atoms with van der Waals surface area (Å²) in [7, 11) is 0. The number of unbranched alkanes of at least 4 members (excludes halogenated alkanes) is 6. The van der Waals surface area contributed by atoms with Crippen molar-refractivity contribution in [2.24, 2.45) is 0 Å². The highest BCUT2D eigenvalue weighted by Gasteiger charge is 2.05. The molecule has 4 nitrogen and oxygen atoms in total. The smallest absolute Gasteiger partial charge is 0.300 e. The van der Waals surface area contributed by atoms with Crippen molar-refractivity contribution in [1.29, 1.82) is 0 Å². The number of halogens is 2. The van der Waals surface area contributed by atoms with E-state index in [1.165, 1.54) is 23.5 Å². The molecule has 1 aromatic heterocycles. The molecule has 0 saturated carbocycles. The number of aromatic nitrogens is 2. The molecule has 0 atom stereocenters. The fourth-order valence-electron chi connectivity index (χ4n) is 2.38. The molecular weight excluding hydrogens is 412 g/mol. The predicted molar refractivity (Wildman–Crippen MR) is 99.5 cm³/mol. The molecule has 0 aliphatic carbocycles. The molecule has 0 aliphatic heterocycles. The molecule has 22 heavy (non-hydrogen) atoms. The van der Waals surface area contributed by atoms with E-state index in [4.69, 9.17) is 0 Å². The van der Waals surface area contributed by atoms with E-state index in [0.717, 1.165) is 49.2 Å². The van der Waals surface area contributed by atoms with Crippen molar-refractivity contribution in [2.75, 3.05) is 10.7 Å². The Bertz CT molecular complexity index is 526. The molecule has 1 aromatic rings. The molecule has 1 heterocycles. The first-order valence-electron chi connectivity index (χ1n) is 8.13. The summed E-state index contributed by atoms with van der Waals surface area (Å²) in [6.45, 7) is 1.23. The van der Waals surface area contributed by atoms with Gasteiger partial charge in [-0.3, -0.25) is 9.36 Å². The monoisotopic (exact) mass is 436 g/mol. The van der Waals surface area contributed by atoms with Crippen LogP contribution in [0, 0.1) is 0 Å². The highest BCUT2D eigenvalue weighted by molar-refractivity contribution is 9.09. The minimum atomic E-state index is -0.180. The van der Waals surface area contributed by atoms with Gasteiger partial charge in [0.1, 0.15) is 0 Å². The second-order valence-electron chi connectivity index (χ2n) is 5.49. The van der Waals surface area contributed by atoms with Crippen LogP contribution in [-0.4, -0.2) is 19.8 Å². The molecule has 0 radical (unpaired) electrons. The average molecular weight is 438 g/mol. The quantitative estimate of drug-likeness (QED) is 0.367. The van der Waals surface area contributed by atoms with E-state index in [-0.39, 0.29) is 11.2 Å². The standard InChI is InChI=1S/C16H26Br2N2O2/c17-10-5-1-3-7-12-19-14-9-15(21)20(16(19)22)13-8-4-2-6-11-18/h9,14H,1-8,10-13H2. The molecule has 0 saturated heterocycles. The van der Waals surface area contributed by atoms with Crippen LogP contribution in [0.15, 0.2) is 21.9 Å². The van der Waals surface area contributed by atoms with E-state index in [9.17, 15) is 9.59 Å². The number of hydrogen-bond acceptors (Lipinski definition) is 2. The van der Waals surface area contributed by atoms with Crippen molar-refractivity contribution in [3.8, 4) is 0 Å². The molecule has 0 N–H and O–H groups in total. The summed E-state index contributed by atoms with van der Waals surface area (Å²) in [6, 6.07) is 1.51. The normalized spacial score (nSPS) is 11.0. The Labute approximate surface area is 149 Å². The van der Waals surface area contributed by atoms with Crippen molar-refractivity contribution in [3.05, 3.63) is 33.1 Å². The van der Waals surface area contributed by atoms with Gasteiger partial charge in [-0.15, -0.1) is 0 Å². The highest BCUT2D eigenvalue weighted by atomic mass is 79.9. The molecule has 0 aliphatic rings. The lowest BCUT2D eigenvalue weighted by atomic mass is 10.2. The number of hydrogen-bond donors (Lipinski definition) is 0. The first kappa shape index (κ1) is 19.7. The Kier molecular flexibility index (Phi) is 10.8. The number of rotatable bonds is 12. The topological polar surface area (TPSA) is 44.0 Å². The van der Waals surface area contributed by atoms with Crippen molar-refractivity contribution in [1.82, 2.24) is 9.13 Å². The molecule has 1 rings (SSSR count). The Hall–Kier alpha value is -0.360. The zero-order chi connectivity index (χ0) is 16.2. The fraction of sp³-hybridized carbons (Fsp3) is 0.750. The molecule has 0 bridgehead atoms. The van der Waals surface area contributed by atoms with Gasteiger partial charge in [0.05, 0.1) is 0 Å². The maximum atomic E-state index is 12.3. The van der Waals surface area contributed by atoms with Crippen LogP contribution < -0.4 is 11.2 Å². The van der Waals surface area contributed by atoms with Gasteiger partial charge in [-0.25, -0.2) is 4.79 Å². The van der Waals surface area contributed by atoms with Gasteiger partial charge in [0, 0.05) is 36.0 Å². The summed E-state index contributed by atoms with van der Waals surface area (Å²) in [6.07, 6.45) is 10.3. The van der Waals surface area contributed by atoms with Crippen LogP contribution in [0.2, 0.25) is 0 Å². The zero-order valence-electron chi connectivity index (χ0n) is 13.1. The van der Waals surface area contributed by atoms with E-state index >= 15 is 0 Å². The summed E-state index contributed by atoms with van der Waals surface area (Å²) in [5, 5.41) is 2.05. The molecule has 6 heteroatoms. The van der Waals surface area contributed by atoms with Gasteiger partial charge in [0.25, 0.3) is 5.56 Å². The second kappa shape index (κ2) is 12.1. The third-order valence-electron chi connectivity index (χ3n) is 3.69. The van der Waals surface area contributed by atoms with Crippen molar-refractivity contribution in [3.63, 3.8) is 0 Å². The van der Waals surface area contributed by atoms with E-state index in [1.54, 1.807) is 10.8 Å². The Morgan fingerprint density at radius 3 is 1.91 bits per heavy atom. The van der Waals surface area contributed by atoms with Crippen LogP contribution in [0.1, 0.15) is 51.4 Å². The lowest BCUT2D eigenvalue weighted by Crippen LogP contribution is -2.39. The molecule has 0 aromatic carbocycles. The summed E-state index contributed by atoms with van der Waals surface area (Å²) in [5.74, 6) is 0. The fourth-order valence-corrected chi connectivity index (χ4v) is 3.17. The Morgan fingerprint density at radius 2 is 1.32 bits per heavy atom. The zero-order valence-corrected chi connectivity index (χ0v) is 16.3. The van der Waals surface area contributed by atoms with Gasteiger partial charge in [-0.05, 0) is 25.7 Å². The van der Waals surface area contributed by atoms with Gasteiger partial charge in [-0.2, -0.15) is 0 Å². The van der Waals surface area contributed by atoms with Gasteiger partial charge in [-0.1, -0.05) is 57.5 Å². The maximum absolute atomic E-state index is 12.3. The van der Waals surface area contributed by atoms with Crippen LogP contribution in [0.25, 0.3) is 0 Å². The number of nitrogens with zero attached hydrogens (tertiary/aromatic N) is 2. The van der Waals surface area contributed by atoms with Crippen LogP contribution >= 0.6 is 31.9 Å². The van der Waals surface area contributed by atoms with Gasteiger partial charge < -0.3 is 4.57 Å². The van der Waals surface area contributed by atoms with Crippen LogP contribution in [-0.2, 0) is 13.1 Å². The third-order valence-corrected chi connectivity index (χ3v) is 4.81. The first-order valence-corrected chi connectivity index (χ1v) is 10.4. The third kappa shape index (κ3) is 7.27. The Morgan fingerprint density at radius 1 is 0.773 bits per heavy atom. The van der Waals surface area contributed by atoms with Crippen molar-refractivity contribution in [2.45, 2.75) is 64.5 Å². The number of alkyl halides is 2. The minimum absolute atomic E-state index is 0.159. The van der Waals surface area contributed by atoms with E-state index in [0.29, 0.717) is 13.1 Å². The Balaban J connectivity index is 2.52. The van der Waals surface area contributed by atoms with E-state index in [2.05, 4.69) is 31.9 Å². The van der Waals surface area contributed by atoms with E-state index < -0.39 is 0 Å². The van der Waals surface area contributed by atoms with Crippen molar-refractivity contribution < 1.29 is 0 Å². The second-order valence-corrected chi connectivity index (χ2v) is 7.07. The molecule has 0 amide bonds. The molecule has 0 fully saturated rings. The predicted octanol–water partition coefficient (Wildman–Crippen LogP) is 3.92. The van der Waals surface area contributed by atoms with Gasteiger partial charge in [0.2, 0.25) is 0 Å². The van der Waals surface area contributed by atoms with Gasteiger partial charge in [0.15, 0.2) is 0 Å². The minimum Gasteiger partial charge on any atom is -0.300 e. The number of aryl methyl sites for hydroxylation is 1. The van der Waals surface area contributed by atoms with Crippen LogP contribution in [0.4, 0.5) is 0 Å². The lowest BCUT2D eigenvalue weighted by molar-refractivity contribution is 0.497. The summed E-state index contributed by atoms with van der Waals surface area (Å²) >= 11 is 6.83. The molecule has 0 unspecified atom stereocenters. The van der Waals surface area contributed by atoms with E-state index in [1.807, 2.05) is 0 Å². The maximum Gasteiger partial charge on any atom is 0.330 e. The van der Waals surface area contributed by atoms with Crippen LogP contribution in [0.3, 0.4) is 0 Å². The SMILES string of the molecule is O=c1ccn(CCCCCCBr)c(=O)n1CCCCCCBr. The summed E-state index contributed by atoms with van der Waals surface area (Å²) < 4.78 is 3.06.